The summed E-state index contributed by atoms with van der Waals surface area (Å²) in [5.74, 6) is -0.653. The summed E-state index contributed by atoms with van der Waals surface area (Å²) >= 11 is 0. The fourth-order valence-electron chi connectivity index (χ4n) is 3.78. The van der Waals surface area contributed by atoms with Crippen LogP contribution >= 0.6 is 0 Å². The van der Waals surface area contributed by atoms with E-state index in [-0.39, 0.29) is 5.56 Å². The number of nitrogens with one attached hydrogen (secondary N) is 1. The molecule has 1 amide bonds. The summed E-state index contributed by atoms with van der Waals surface area (Å²) < 4.78 is 40.0. The summed E-state index contributed by atoms with van der Waals surface area (Å²) in [6.07, 6.45) is -0.670. The first kappa shape index (κ1) is 24.2. The third-order valence-electron chi connectivity index (χ3n) is 5.66. The average molecular weight is 476 g/mol. The Morgan fingerprint density at radius 3 is 2.34 bits per heavy atom. The zero-order valence-electron chi connectivity index (χ0n) is 18.7. The van der Waals surface area contributed by atoms with Gasteiger partial charge in [0.1, 0.15) is 0 Å². The van der Waals surface area contributed by atoms with Crippen molar-refractivity contribution in [3.05, 3.63) is 120 Å². The number of carbonyl (C=O) groups excluding carboxylic acids is 1. The fourth-order valence-corrected chi connectivity index (χ4v) is 3.78. The molecule has 1 aromatic heterocycles. The smallest absolute Gasteiger partial charge is 0.388 e. The van der Waals surface area contributed by atoms with Gasteiger partial charge in [-0.2, -0.15) is 13.2 Å². The lowest BCUT2D eigenvalue weighted by atomic mass is 9.96. The van der Waals surface area contributed by atoms with Crippen LogP contribution in [0.5, 0.6) is 0 Å². The third-order valence-corrected chi connectivity index (χ3v) is 5.66. The van der Waals surface area contributed by atoms with Gasteiger partial charge in [0.2, 0.25) is 0 Å². The lowest BCUT2D eigenvalue weighted by Gasteiger charge is -2.15. The quantitative estimate of drug-likeness (QED) is 0.313. The topological polar surface area (TPSA) is 62.2 Å². The van der Waals surface area contributed by atoms with Gasteiger partial charge in [-0.25, -0.2) is 0 Å². The lowest BCUT2D eigenvalue weighted by Crippen LogP contribution is -2.15. The maximum absolute atomic E-state index is 13.3. The van der Waals surface area contributed by atoms with Crippen LogP contribution in [0.3, 0.4) is 0 Å². The minimum Gasteiger partial charge on any atom is -0.388 e. The number of amides is 1. The highest BCUT2D eigenvalue weighted by Crippen LogP contribution is 2.34. The van der Waals surface area contributed by atoms with Crippen LogP contribution in [-0.4, -0.2) is 16.0 Å². The van der Waals surface area contributed by atoms with E-state index in [0.717, 1.165) is 17.7 Å². The second-order valence-electron chi connectivity index (χ2n) is 8.12. The number of carbonyl (C=O) groups is 1. The molecule has 0 saturated heterocycles. The number of alkyl halides is 3. The van der Waals surface area contributed by atoms with Crippen LogP contribution in [0.4, 0.5) is 18.9 Å². The van der Waals surface area contributed by atoms with Crippen molar-refractivity contribution in [1.82, 2.24) is 4.98 Å². The Labute approximate surface area is 201 Å². The number of benzene rings is 3. The largest absolute Gasteiger partial charge is 0.416 e. The number of anilines is 1. The van der Waals surface area contributed by atoms with Crippen molar-refractivity contribution in [3.63, 3.8) is 0 Å². The highest BCUT2D eigenvalue weighted by atomic mass is 19.4. The van der Waals surface area contributed by atoms with E-state index in [1.165, 1.54) is 6.07 Å². The minimum atomic E-state index is -4.57. The van der Waals surface area contributed by atoms with E-state index >= 15 is 0 Å². The number of hydrogen-bond acceptors (Lipinski definition) is 3. The Bertz CT molecular complexity index is 1280. The predicted molar refractivity (Wildman–Crippen MR) is 129 cm³/mol. The standard InChI is InChI=1S/C28H23F3N2O2/c29-28(30,31)22-11-14-24(20-6-2-1-3-7-20)25(17-22)27(35)33-23-12-9-21(10-13-23)26(34)15-8-19-5-4-16-32-18-19/h1-7,9-14,16-18,26,34H,8,15H2,(H,33,35). The van der Waals surface area contributed by atoms with Crippen molar-refractivity contribution in [2.24, 2.45) is 0 Å². The molecule has 4 aromatic rings. The number of rotatable bonds is 7. The molecule has 0 aliphatic rings. The molecule has 0 saturated carbocycles. The van der Waals surface area contributed by atoms with Gasteiger partial charge in [-0.05, 0) is 65.4 Å². The molecule has 1 unspecified atom stereocenters. The van der Waals surface area contributed by atoms with Gasteiger partial charge >= 0.3 is 6.18 Å². The van der Waals surface area contributed by atoms with Gasteiger partial charge in [0.15, 0.2) is 0 Å². The average Bonchev–Trinajstić information content (AvgIpc) is 2.88. The number of pyridine rings is 1. The van der Waals surface area contributed by atoms with Gasteiger partial charge in [-0.3, -0.25) is 9.78 Å². The molecule has 1 heterocycles. The molecule has 0 spiro atoms. The van der Waals surface area contributed by atoms with Crippen LogP contribution < -0.4 is 5.32 Å². The Morgan fingerprint density at radius 2 is 1.69 bits per heavy atom. The van der Waals surface area contributed by atoms with Gasteiger partial charge < -0.3 is 10.4 Å². The second kappa shape index (κ2) is 10.5. The fraction of sp³-hybridized carbons (Fsp3) is 0.143. The van der Waals surface area contributed by atoms with Gasteiger partial charge in [0.05, 0.1) is 11.7 Å². The Morgan fingerprint density at radius 1 is 0.943 bits per heavy atom. The normalized spacial score (nSPS) is 12.2. The number of nitrogens with zero attached hydrogens (tertiary/aromatic N) is 1. The monoisotopic (exact) mass is 476 g/mol. The molecule has 0 aliphatic heterocycles. The summed E-state index contributed by atoms with van der Waals surface area (Å²) in [7, 11) is 0. The van der Waals surface area contributed by atoms with E-state index in [9.17, 15) is 23.1 Å². The summed E-state index contributed by atoms with van der Waals surface area (Å²) in [6.45, 7) is 0. The maximum atomic E-state index is 13.3. The van der Waals surface area contributed by atoms with E-state index in [1.54, 1.807) is 67.0 Å². The van der Waals surface area contributed by atoms with Crippen LogP contribution in [0.15, 0.2) is 97.3 Å². The molecule has 178 valence electrons. The first-order valence-corrected chi connectivity index (χ1v) is 11.1. The zero-order chi connectivity index (χ0) is 24.8. The molecular formula is C28H23F3N2O2. The molecule has 1 atom stereocenters. The van der Waals surface area contributed by atoms with E-state index in [2.05, 4.69) is 10.3 Å². The van der Waals surface area contributed by atoms with E-state index in [1.807, 2.05) is 12.1 Å². The van der Waals surface area contributed by atoms with Crippen molar-refractivity contribution in [1.29, 1.82) is 0 Å². The third kappa shape index (κ3) is 6.13. The molecule has 4 nitrogen and oxygen atoms in total. The number of aromatic nitrogens is 1. The zero-order valence-corrected chi connectivity index (χ0v) is 18.7. The van der Waals surface area contributed by atoms with Crippen molar-refractivity contribution < 1.29 is 23.1 Å². The van der Waals surface area contributed by atoms with Crippen molar-refractivity contribution >= 4 is 11.6 Å². The van der Waals surface area contributed by atoms with Crippen molar-refractivity contribution in [2.45, 2.75) is 25.1 Å². The summed E-state index contributed by atoms with van der Waals surface area (Å²) in [6, 6.07) is 22.3. The van der Waals surface area contributed by atoms with Gasteiger partial charge in [0.25, 0.3) is 5.91 Å². The highest BCUT2D eigenvalue weighted by molar-refractivity contribution is 6.08. The molecule has 3 aromatic carbocycles. The molecule has 4 rings (SSSR count). The maximum Gasteiger partial charge on any atom is 0.416 e. The molecule has 0 aliphatic carbocycles. The van der Waals surface area contributed by atoms with Gasteiger partial charge in [-0.15, -0.1) is 0 Å². The predicted octanol–water partition coefficient (Wildman–Crippen LogP) is 6.69. The molecule has 0 fully saturated rings. The van der Waals surface area contributed by atoms with Crippen LogP contribution in [-0.2, 0) is 12.6 Å². The number of aliphatic hydroxyl groups excluding tert-OH is 1. The van der Waals surface area contributed by atoms with E-state index < -0.39 is 23.8 Å². The summed E-state index contributed by atoms with van der Waals surface area (Å²) in [5.41, 5.74) is 2.18. The lowest BCUT2D eigenvalue weighted by molar-refractivity contribution is -0.137. The van der Waals surface area contributed by atoms with E-state index in [0.29, 0.717) is 35.2 Å². The van der Waals surface area contributed by atoms with Crippen molar-refractivity contribution in [3.8, 4) is 11.1 Å². The Hall–Kier alpha value is -3.97. The second-order valence-corrected chi connectivity index (χ2v) is 8.12. The van der Waals surface area contributed by atoms with Crippen LogP contribution in [0, 0.1) is 0 Å². The summed E-state index contributed by atoms with van der Waals surface area (Å²) in [4.78, 5) is 17.1. The first-order chi connectivity index (χ1) is 16.8. The van der Waals surface area contributed by atoms with Crippen molar-refractivity contribution in [2.75, 3.05) is 5.32 Å². The highest BCUT2D eigenvalue weighted by Gasteiger charge is 2.32. The number of aliphatic hydroxyl groups is 1. The number of aryl methyl sites for hydroxylation is 1. The Kier molecular flexibility index (Phi) is 7.27. The Balaban J connectivity index is 1.51. The van der Waals surface area contributed by atoms with Crippen LogP contribution in [0.1, 0.15) is 39.6 Å². The molecule has 7 heteroatoms. The first-order valence-electron chi connectivity index (χ1n) is 11.1. The molecule has 35 heavy (non-hydrogen) atoms. The molecule has 0 radical (unpaired) electrons. The van der Waals surface area contributed by atoms with Crippen LogP contribution in [0.2, 0.25) is 0 Å². The SMILES string of the molecule is O=C(Nc1ccc(C(O)CCc2cccnc2)cc1)c1cc(C(F)(F)F)ccc1-c1ccccc1. The van der Waals surface area contributed by atoms with E-state index in [4.69, 9.17) is 0 Å². The molecule has 2 N–H and O–H groups in total. The molecular weight excluding hydrogens is 453 g/mol. The van der Waals surface area contributed by atoms with Crippen LogP contribution in [0.25, 0.3) is 11.1 Å². The number of hydrogen-bond donors (Lipinski definition) is 2. The molecule has 0 bridgehead atoms. The summed E-state index contributed by atoms with van der Waals surface area (Å²) in [5, 5.41) is 13.2. The van der Waals surface area contributed by atoms with Gasteiger partial charge in [-0.1, -0.05) is 54.6 Å². The number of halogens is 3. The van der Waals surface area contributed by atoms with Gasteiger partial charge in [0, 0.05) is 23.6 Å². The minimum absolute atomic E-state index is 0.0772.